The van der Waals surface area contributed by atoms with E-state index >= 15 is 0 Å². The SMILES string of the molecule is Cc1nc2c(c(=O)n1C)CN(C(=O)c1cn(CCC3CCCCN3)nn1)C2. The van der Waals surface area contributed by atoms with Crippen molar-refractivity contribution in [3.8, 4) is 0 Å². The van der Waals surface area contributed by atoms with Crippen molar-refractivity contribution >= 4 is 5.91 Å². The van der Waals surface area contributed by atoms with Crippen LogP contribution in [0.15, 0.2) is 11.0 Å². The van der Waals surface area contributed by atoms with Crippen LogP contribution in [0.2, 0.25) is 0 Å². The topological polar surface area (TPSA) is 97.9 Å². The molecular formula is C18H25N7O2. The van der Waals surface area contributed by atoms with Crippen molar-refractivity contribution in [1.82, 2.24) is 34.8 Å². The van der Waals surface area contributed by atoms with Gasteiger partial charge in [0.05, 0.1) is 30.5 Å². The fourth-order valence-corrected chi connectivity index (χ4v) is 3.80. The summed E-state index contributed by atoms with van der Waals surface area (Å²) in [6.45, 7) is 4.21. The molecule has 9 nitrogen and oxygen atoms in total. The van der Waals surface area contributed by atoms with Crippen LogP contribution in [0.25, 0.3) is 0 Å². The second-order valence-electron chi connectivity index (χ2n) is 7.41. The van der Waals surface area contributed by atoms with Gasteiger partial charge in [-0.2, -0.15) is 0 Å². The summed E-state index contributed by atoms with van der Waals surface area (Å²) in [5.41, 5.74) is 1.50. The summed E-state index contributed by atoms with van der Waals surface area (Å²) in [4.78, 5) is 31.2. The van der Waals surface area contributed by atoms with E-state index in [-0.39, 0.29) is 18.0 Å². The Bertz CT molecular complexity index is 911. The predicted octanol–water partition coefficient (Wildman–Crippen LogP) is 0.368. The normalized spacial score (nSPS) is 19.3. The fraction of sp³-hybridized carbons (Fsp3) is 0.611. The molecule has 0 saturated carbocycles. The number of hydrogen-bond donors (Lipinski definition) is 1. The monoisotopic (exact) mass is 371 g/mol. The zero-order valence-corrected chi connectivity index (χ0v) is 15.8. The van der Waals surface area contributed by atoms with E-state index in [4.69, 9.17) is 0 Å². The summed E-state index contributed by atoms with van der Waals surface area (Å²) in [6, 6.07) is 0.515. The third-order valence-electron chi connectivity index (χ3n) is 5.55. The number of aromatic nitrogens is 5. The van der Waals surface area contributed by atoms with E-state index in [1.807, 2.05) is 0 Å². The molecule has 0 spiro atoms. The third kappa shape index (κ3) is 3.51. The number of piperidine rings is 1. The van der Waals surface area contributed by atoms with Crippen LogP contribution in [0.1, 0.15) is 53.3 Å². The Hall–Kier alpha value is -2.55. The first-order valence-corrected chi connectivity index (χ1v) is 9.51. The first-order chi connectivity index (χ1) is 13.0. The van der Waals surface area contributed by atoms with Crippen LogP contribution in [0.5, 0.6) is 0 Å². The van der Waals surface area contributed by atoms with Gasteiger partial charge >= 0.3 is 0 Å². The minimum atomic E-state index is -0.213. The smallest absolute Gasteiger partial charge is 0.276 e. The van der Waals surface area contributed by atoms with Crippen LogP contribution < -0.4 is 10.9 Å². The van der Waals surface area contributed by atoms with E-state index in [0.717, 1.165) is 19.5 Å². The molecule has 1 saturated heterocycles. The summed E-state index contributed by atoms with van der Waals surface area (Å²) < 4.78 is 3.25. The third-order valence-corrected chi connectivity index (χ3v) is 5.55. The zero-order chi connectivity index (χ0) is 19.0. The Kier molecular flexibility index (Phi) is 4.77. The van der Waals surface area contributed by atoms with Crippen LogP contribution in [-0.2, 0) is 26.7 Å². The maximum absolute atomic E-state index is 12.8. The van der Waals surface area contributed by atoms with Crippen LogP contribution in [0.4, 0.5) is 0 Å². The number of carbonyl (C=O) groups excluding carboxylic acids is 1. The molecule has 2 aliphatic heterocycles. The molecule has 4 heterocycles. The molecule has 2 aliphatic rings. The average Bonchev–Trinajstić information content (AvgIpc) is 3.32. The van der Waals surface area contributed by atoms with Crippen LogP contribution in [0.3, 0.4) is 0 Å². The van der Waals surface area contributed by atoms with Gasteiger partial charge in [0.25, 0.3) is 11.5 Å². The highest BCUT2D eigenvalue weighted by Gasteiger charge is 2.30. The van der Waals surface area contributed by atoms with Gasteiger partial charge in [-0.25, -0.2) is 4.98 Å². The number of hydrogen-bond acceptors (Lipinski definition) is 6. The van der Waals surface area contributed by atoms with E-state index in [9.17, 15) is 9.59 Å². The molecule has 9 heteroatoms. The zero-order valence-electron chi connectivity index (χ0n) is 15.8. The largest absolute Gasteiger partial charge is 0.327 e. The Morgan fingerprint density at radius 3 is 2.96 bits per heavy atom. The summed E-state index contributed by atoms with van der Waals surface area (Å²) in [7, 11) is 1.70. The number of rotatable bonds is 4. The summed E-state index contributed by atoms with van der Waals surface area (Å²) in [5.74, 6) is 0.435. The molecule has 4 rings (SSSR count). The first kappa shape index (κ1) is 17.8. The maximum atomic E-state index is 12.8. The van der Waals surface area contributed by atoms with Gasteiger partial charge in [-0.3, -0.25) is 18.8 Å². The molecule has 1 atom stereocenters. The van der Waals surface area contributed by atoms with Gasteiger partial charge in [0.1, 0.15) is 5.82 Å². The van der Waals surface area contributed by atoms with Gasteiger partial charge in [-0.1, -0.05) is 11.6 Å². The van der Waals surface area contributed by atoms with Crippen molar-refractivity contribution in [2.45, 2.75) is 58.3 Å². The number of amides is 1. The van der Waals surface area contributed by atoms with Gasteiger partial charge in [0, 0.05) is 19.6 Å². The summed E-state index contributed by atoms with van der Waals surface area (Å²) in [6.07, 6.45) is 6.37. The molecule has 1 unspecified atom stereocenters. The van der Waals surface area contributed by atoms with Crippen molar-refractivity contribution in [3.05, 3.63) is 39.3 Å². The van der Waals surface area contributed by atoms with Gasteiger partial charge in [-0.05, 0) is 32.7 Å². The van der Waals surface area contributed by atoms with Crippen molar-refractivity contribution in [2.75, 3.05) is 6.54 Å². The lowest BCUT2D eigenvalue weighted by molar-refractivity contribution is 0.0744. The van der Waals surface area contributed by atoms with Gasteiger partial charge in [0.15, 0.2) is 5.69 Å². The molecule has 1 N–H and O–H groups in total. The number of aryl methyl sites for hydroxylation is 2. The Balaban J connectivity index is 1.41. The van der Waals surface area contributed by atoms with Gasteiger partial charge in [0.2, 0.25) is 0 Å². The molecular weight excluding hydrogens is 346 g/mol. The number of nitrogens with one attached hydrogen (secondary N) is 1. The molecule has 27 heavy (non-hydrogen) atoms. The quantitative estimate of drug-likeness (QED) is 0.834. The highest BCUT2D eigenvalue weighted by Crippen LogP contribution is 2.20. The molecule has 0 radical (unpaired) electrons. The van der Waals surface area contributed by atoms with Crippen molar-refractivity contribution in [3.63, 3.8) is 0 Å². The molecule has 0 aliphatic carbocycles. The van der Waals surface area contributed by atoms with Crippen LogP contribution in [0, 0.1) is 6.92 Å². The van der Waals surface area contributed by atoms with Crippen LogP contribution >= 0.6 is 0 Å². The first-order valence-electron chi connectivity index (χ1n) is 9.51. The second kappa shape index (κ2) is 7.22. The molecule has 1 fully saturated rings. The summed E-state index contributed by atoms with van der Waals surface area (Å²) in [5, 5.41) is 11.7. The van der Waals surface area contributed by atoms with E-state index < -0.39 is 0 Å². The van der Waals surface area contributed by atoms with E-state index in [1.165, 1.54) is 23.8 Å². The molecule has 1 amide bonds. The lowest BCUT2D eigenvalue weighted by atomic mass is 10.0. The van der Waals surface area contributed by atoms with E-state index in [0.29, 0.717) is 35.4 Å². The number of carbonyl (C=O) groups is 1. The average molecular weight is 371 g/mol. The lowest BCUT2D eigenvalue weighted by Gasteiger charge is -2.23. The minimum absolute atomic E-state index is 0.0866. The molecule has 2 aromatic rings. The molecule has 0 bridgehead atoms. The minimum Gasteiger partial charge on any atom is -0.327 e. The van der Waals surface area contributed by atoms with Crippen molar-refractivity contribution < 1.29 is 4.79 Å². The molecule has 144 valence electrons. The summed E-state index contributed by atoms with van der Waals surface area (Å²) >= 11 is 0. The highest BCUT2D eigenvalue weighted by atomic mass is 16.2. The van der Waals surface area contributed by atoms with Crippen molar-refractivity contribution in [1.29, 1.82) is 0 Å². The fourth-order valence-electron chi connectivity index (χ4n) is 3.80. The Morgan fingerprint density at radius 1 is 1.33 bits per heavy atom. The lowest BCUT2D eigenvalue weighted by Crippen LogP contribution is -2.34. The highest BCUT2D eigenvalue weighted by molar-refractivity contribution is 5.92. The second-order valence-corrected chi connectivity index (χ2v) is 7.41. The maximum Gasteiger partial charge on any atom is 0.276 e. The number of nitrogens with zero attached hydrogens (tertiary/aromatic N) is 6. The van der Waals surface area contributed by atoms with Crippen LogP contribution in [-0.4, -0.2) is 47.9 Å². The Labute approximate surface area is 157 Å². The Morgan fingerprint density at radius 2 is 2.19 bits per heavy atom. The van der Waals surface area contributed by atoms with Gasteiger partial charge < -0.3 is 10.2 Å². The van der Waals surface area contributed by atoms with E-state index in [2.05, 4.69) is 20.6 Å². The number of fused-ring (bicyclic) bond motifs is 1. The molecule has 2 aromatic heterocycles. The van der Waals surface area contributed by atoms with E-state index in [1.54, 1.807) is 29.7 Å². The predicted molar refractivity (Wildman–Crippen MR) is 98.1 cm³/mol. The molecule has 0 aromatic carbocycles. The van der Waals surface area contributed by atoms with Gasteiger partial charge in [-0.15, -0.1) is 5.10 Å². The standard InChI is InChI=1S/C18H25N7O2/c1-12-20-15-10-24(9-14(15)17(26)23(12)2)18(27)16-11-25(22-21-16)8-6-13-5-3-4-7-19-13/h11,13,19H,3-10H2,1-2H3. The van der Waals surface area contributed by atoms with Crippen molar-refractivity contribution in [2.24, 2.45) is 7.05 Å².